The lowest BCUT2D eigenvalue weighted by molar-refractivity contribution is -0.141. The van der Waals surface area contributed by atoms with E-state index in [0.717, 1.165) is 40.2 Å². The van der Waals surface area contributed by atoms with Crippen LogP contribution in [0, 0.1) is 11.6 Å². The lowest BCUT2D eigenvalue weighted by Gasteiger charge is -2.28. The summed E-state index contributed by atoms with van der Waals surface area (Å²) < 4.78 is 62.1. The van der Waals surface area contributed by atoms with Crippen molar-refractivity contribution in [1.29, 1.82) is 0 Å². The first-order chi connectivity index (χ1) is 18.2. The number of thiazole rings is 1. The Kier molecular flexibility index (Phi) is 6.95. The average molecular weight is 558 g/mol. The lowest BCUT2D eigenvalue weighted by Crippen LogP contribution is -2.35. The Morgan fingerprint density at radius 1 is 1.05 bits per heavy atom. The number of benzene rings is 3. The van der Waals surface area contributed by atoms with Crippen LogP contribution in [0.5, 0.6) is 0 Å². The smallest absolute Gasteiger partial charge is 0.325 e. The van der Waals surface area contributed by atoms with E-state index in [9.17, 15) is 26.8 Å². The second kappa shape index (κ2) is 10.2. The minimum Gasteiger partial charge on any atom is -0.468 e. The molecular formula is C26H21F2N3O5S2. The van der Waals surface area contributed by atoms with Gasteiger partial charge in [-0.05, 0) is 47.9 Å². The third-order valence-electron chi connectivity index (χ3n) is 6.24. The van der Waals surface area contributed by atoms with Crippen molar-refractivity contribution < 1.29 is 31.5 Å². The number of fused-ring (bicyclic) bond motifs is 2. The highest BCUT2D eigenvalue weighted by atomic mass is 32.2. The molecule has 0 radical (unpaired) electrons. The molecule has 0 atom stereocenters. The van der Waals surface area contributed by atoms with Gasteiger partial charge in [0.15, 0.2) is 10.6 Å². The van der Waals surface area contributed by atoms with Crippen LogP contribution in [0.3, 0.4) is 0 Å². The summed E-state index contributed by atoms with van der Waals surface area (Å²) >= 11 is 0.833. The van der Waals surface area contributed by atoms with E-state index in [1.54, 1.807) is 0 Å². The highest BCUT2D eigenvalue weighted by Crippen LogP contribution is 2.26. The van der Waals surface area contributed by atoms with E-state index in [-0.39, 0.29) is 32.0 Å². The molecule has 8 nitrogen and oxygen atoms in total. The number of ether oxygens (including phenoxy) is 1. The summed E-state index contributed by atoms with van der Waals surface area (Å²) in [6, 6.07) is 14.8. The monoisotopic (exact) mass is 557 g/mol. The van der Waals surface area contributed by atoms with Crippen molar-refractivity contribution in [1.82, 2.24) is 8.87 Å². The quantitative estimate of drug-likeness (QED) is 0.349. The number of esters is 1. The van der Waals surface area contributed by atoms with Crippen LogP contribution in [0.1, 0.15) is 21.5 Å². The van der Waals surface area contributed by atoms with Gasteiger partial charge in [-0.2, -0.15) is 9.30 Å². The molecule has 0 unspecified atom stereocenters. The third kappa shape index (κ3) is 4.89. The maximum absolute atomic E-state index is 14.5. The van der Waals surface area contributed by atoms with Crippen molar-refractivity contribution in [3.8, 4) is 0 Å². The van der Waals surface area contributed by atoms with Gasteiger partial charge in [-0.25, -0.2) is 17.2 Å². The van der Waals surface area contributed by atoms with E-state index in [1.165, 1.54) is 28.6 Å². The molecule has 0 bridgehead atoms. The predicted octanol–water partition coefficient (Wildman–Crippen LogP) is 3.64. The van der Waals surface area contributed by atoms with Gasteiger partial charge in [0, 0.05) is 24.7 Å². The number of sulfonamides is 1. The third-order valence-corrected chi connectivity index (χ3v) is 9.13. The van der Waals surface area contributed by atoms with Crippen LogP contribution in [0.2, 0.25) is 0 Å². The highest BCUT2D eigenvalue weighted by Gasteiger charge is 2.28. The molecule has 0 spiro atoms. The first-order valence-corrected chi connectivity index (χ1v) is 13.7. The summed E-state index contributed by atoms with van der Waals surface area (Å²) in [4.78, 5) is 28.9. The maximum atomic E-state index is 14.5. The van der Waals surface area contributed by atoms with Gasteiger partial charge in [0.1, 0.15) is 12.4 Å². The molecule has 12 heteroatoms. The number of hydrogen-bond donors (Lipinski definition) is 0. The highest BCUT2D eigenvalue weighted by molar-refractivity contribution is 7.89. The molecule has 0 saturated heterocycles. The fourth-order valence-corrected chi connectivity index (χ4v) is 6.79. The van der Waals surface area contributed by atoms with E-state index in [1.807, 2.05) is 24.3 Å². The van der Waals surface area contributed by atoms with Crippen LogP contribution in [-0.2, 0) is 39.1 Å². The van der Waals surface area contributed by atoms with Crippen LogP contribution >= 0.6 is 11.3 Å². The van der Waals surface area contributed by atoms with Crippen molar-refractivity contribution in [3.05, 3.63) is 93.8 Å². The van der Waals surface area contributed by atoms with E-state index in [2.05, 4.69) is 9.73 Å². The molecule has 1 aliphatic rings. The van der Waals surface area contributed by atoms with Gasteiger partial charge in [-0.1, -0.05) is 35.6 Å². The standard InChI is InChI=1S/C26H21F2N3O5S2/c1-36-23(32)15-31-24-21(28)12-19(27)13-22(24)37-26(31)29-25(33)17-6-8-20(9-7-17)38(34,35)30-11-10-16-4-2-3-5-18(16)14-30/h2-9,12-13H,10-11,14-15H2,1H3. The van der Waals surface area contributed by atoms with Crippen LogP contribution in [-0.4, -0.2) is 42.8 Å². The minimum absolute atomic E-state index is 0.0357. The molecular weight excluding hydrogens is 536 g/mol. The Morgan fingerprint density at radius 3 is 2.47 bits per heavy atom. The first kappa shape index (κ1) is 25.9. The van der Waals surface area contributed by atoms with Crippen LogP contribution in [0.15, 0.2) is 70.6 Å². The minimum atomic E-state index is -3.79. The molecule has 0 N–H and O–H groups in total. The average Bonchev–Trinajstić information content (AvgIpc) is 3.24. The number of aromatic nitrogens is 1. The summed E-state index contributed by atoms with van der Waals surface area (Å²) in [5, 5.41) is 0. The van der Waals surface area contributed by atoms with Gasteiger partial charge in [0.2, 0.25) is 10.0 Å². The largest absolute Gasteiger partial charge is 0.468 e. The molecule has 0 fully saturated rings. The van der Waals surface area contributed by atoms with Gasteiger partial charge in [0.05, 0.1) is 22.2 Å². The molecule has 38 heavy (non-hydrogen) atoms. The first-order valence-electron chi connectivity index (χ1n) is 11.5. The number of halogens is 2. The topological polar surface area (TPSA) is 98.0 Å². The number of rotatable bonds is 5. The molecule has 4 aromatic rings. The van der Waals surface area contributed by atoms with Crippen molar-refractivity contribution in [2.24, 2.45) is 4.99 Å². The molecule has 1 amide bonds. The fourth-order valence-electron chi connectivity index (χ4n) is 4.30. The summed E-state index contributed by atoms with van der Waals surface area (Å²) in [5.74, 6) is -3.18. The molecule has 1 aromatic heterocycles. The summed E-state index contributed by atoms with van der Waals surface area (Å²) in [6.45, 7) is 0.164. The van der Waals surface area contributed by atoms with Crippen molar-refractivity contribution in [2.45, 2.75) is 24.4 Å². The van der Waals surface area contributed by atoms with Gasteiger partial charge in [-0.3, -0.25) is 9.59 Å². The van der Waals surface area contributed by atoms with Crippen molar-refractivity contribution >= 4 is 43.5 Å². The normalized spacial score (nSPS) is 14.4. The maximum Gasteiger partial charge on any atom is 0.325 e. The zero-order valence-corrected chi connectivity index (χ0v) is 21.7. The molecule has 1 aliphatic heterocycles. The zero-order valence-electron chi connectivity index (χ0n) is 20.1. The molecule has 0 saturated carbocycles. The Morgan fingerprint density at radius 2 is 1.76 bits per heavy atom. The van der Waals surface area contributed by atoms with E-state index >= 15 is 0 Å². The number of nitrogens with zero attached hydrogens (tertiary/aromatic N) is 3. The second-order valence-electron chi connectivity index (χ2n) is 8.58. The van der Waals surface area contributed by atoms with Crippen molar-refractivity contribution in [3.63, 3.8) is 0 Å². The van der Waals surface area contributed by atoms with Crippen molar-refractivity contribution in [2.75, 3.05) is 13.7 Å². The molecule has 3 aromatic carbocycles. The van der Waals surface area contributed by atoms with Gasteiger partial charge in [0.25, 0.3) is 5.91 Å². The van der Waals surface area contributed by atoms with Crippen LogP contribution in [0.25, 0.3) is 10.2 Å². The summed E-state index contributed by atoms with van der Waals surface area (Å²) in [5.41, 5.74) is 2.07. The SMILES string of the molecule is COC(=O)Cn1c(=NC(=O)c2ccc(S(=O)(=O)N3CCc4ccccc4C3)cc2)sc2cc(F)cc(F)c21. The number of carbonyl (C=O) groups is 2. The number of methoxy groups -OCH3 is 1. The molecule has 0 aliphatic carbocycles. The summed E-state index contributed by atoms with van der Waals surface area (Å²) in [7, 11) is -2.63. The Bertz CT molecular complexity index is 1750. The number of carbonyl (C=O) groups excluding carboxylic acids is 2. The zero-order chi connectivity index (χ0) is 27.0. The Hall–Kier alpha value is -3.74. The van der Waals surface area contributed by atoms with Gasteiger partial charge >= 0.3 is 5.97 Å². The number of hydrogen-bond acceptors (Lipinski definition) is 6. The lowest BCUT2D eigenvalue weighted by atomic mass is 10.0. The summed E-state index contributed by atoms with van der Waals surface area (Å²) in [6.07, 6.45) is 0.607. The fraction of sp³-hybridized carbons (Fsp3) is 0.192. The van der Waals surface area contributed by atoms with Gasteiger partial charge in [-0.15, -0.1) is 0 Å². The van der Waals surface area contributed by atoms with E-state index in [4.69, 9.17) is 0 Å². The Balaban J connectivity index is 1.45. The second-order valence-corrected chi connectivity index (χ2v) is 11.5. The van der Waals surface area contributed by atoms with E-state index in [0.29, 0.717) is 19.0 Å². The van der Waals surface area contributed by atoms with E-state index < -0.39 is 40.1 Å². The molecule has 5 rings (SSSR count). The Labute approximate surface area is 220 Å². The predicted molar refractivity (Wildman–Crippen MR) is 136 cm³/mol. The van der Waals surface area contributed by atoms with Gasteiger partial charge < -0.3 is 9.30 Å². The molecule has 196 valence electrons. The number of amides is 1. The van der Waals surface area contributed by atoms with Crippen LogP contribution < -0.4 is 4.80 Å². The molecule has 2 heterocycles. The van der Waals surface area contributed by atoms with Crippen LogP contribution in [0.4, 0.5) is 8.78 Å².